The van der Waals surface area contributed by atoms with Crippen LogP contribution < -0.4 is 14.2 Å². The molecule has 5 saturated heterocycles. The summed E-state index contributed by atoms with van der Waals surface area (Å²) >= 11 is 0. The van der Waals surface area contributed by atoms with Gasteiger partial charge in [-0.05, 0) is 0 Å². The quantitative estimate of drug-likeness (QED) is 0.0297. The number of ether oxygens (including phenoxy) is 10. The lowest BCUT2D eigenvalue weighted by Gasteiger charge is -2.50. The highest BCUT2D eigenvalue weighted by Gasteiger charge is 2.61. The summed E-state index contributed by atoms with van der Waals surface area (Å²) in [5.41, 5.74) is 0. The van der Waals surface area contributed by atoms with Crippen LogP contribution in [0.1, 0.15) is 0 Å². The predicted molar refractivity (Wildman–Crippen MR) is 262 cm³/mol. The van der Waals surface area contributed by atoms with E-state index in [1.165, 1.54) is 9.44 Å². The first-order chi connectivity index (χ1) is 41.2. The van der Waals surface area contributed by atoms with Gasteiger partial charge >= 0.3 is 94.8 Å². The summed E-state index contributed by atoms with van der Waals surface area (Å²) in [6.07, 6.45) is -63.6. The van der Waals surface area contributed by atoms with Gasteiger partial charge in [0, 0.05) is 7.11 Å². The van der Waals surface area contributed by atoms with E-state index in [1.54, 1.807) is 0 Å². The van der Waals surface area contributed by atoms with Crippen LogP contribution in [0.5, 0.6) is 0 Å². The van der Waals surface area contributed by atoms with Crippen molar-refractivity contribution in [3.05, 3.63) is 0 Å². The fraction of sp³-hybridized carbons (Fsp3) is 0.935. The minimum atomic E-state index is -6.36. The van der Waals surface area contributed by atoms with Crippen molar-refractivity contribution in [2.75, 3.05) is 26.9 Å². The van der Waals surface area contributed by atoms with Gasteiger partial charge in [0.1, 0.15) is 104 Å². The number of nitrogens with one attached hydrogen (secondary N) is 3. The molecule has 5 aliphatic rings. The number of carbonyl (C=O) groups is 2. The average molecular weight is 1510 g/mol. The Morgan fingerprint density at radius 2 is 0.703 bits per heavy atom. The van der Waals surface area contributed by atoms with E-state index in [2.05, 4.69) is 20.9 Å². The SMILES string of the molecule is CO[C@H]1O[C@H](COS(=O)(=O)O)[C@@H](O[C@@H]2O[C@@H](C(=O)O)[C@@H](O[C@H]3O[C@H](COS(=O)(=O)O)[C@@H](OC4O[C@H](C(=O)O)[C@@H](O[C@H]5O[C@H](COS(=O)(=O)O)[C@@H](O)[C@H](O)[C@H]5NS(=O)(=O)O)[C@H](O)[C@H]4O)[C@H](OS(=O)(=O)O)[C@H]3NS(=O)(=O)O)[C@H](O)C2OS(=O)(=O)O)[C@H](O)[C@H]1NS(=O)(=O)O. The van der Waals surface area contributed by atoms with Crippen LogP contribution in [0.2, 0.25) is 0 Å². The molecule has 2 unspecified atom stereocenters. The number of hydrogen-bond acceptors (Lipinski definition) is 39. The van der Waals surface area contributed by atoms with Gasteiger partial charge < -0.3 is 88.2 Å². The average Bonchev–Trinajstić information content (AvgIpc) is 0.767. The molecule has 52 nitrogen and oxygen atoms in total. The minimum Gasteiger partial charge on any atom is -0.479 e. The van der Waals surface area contributed by atoms with Crippen LogP contribution in [-0.4, -0.2) is 337 Å². The Balaban J connectivity index is 1.60. The van der Waals surface area contributed by atoms with Crippen molar-refractivity contribution in [3.63, 3.8) is 0 Å². The second-order valence-corrected chi connectivity index (χ2v) is 27.6. The van der Waals surface area contributed by atoms with E-state index >= 15 is 0 Å². The molecule has 25 atom stereocenters. The molecule has 5 rings (SSSR count). The van der Waals surface area contributed by atoms with Crippen molar-refractivity contribution >= 4 is 94.8 Å². The highest BCUT2D eigenvalue weighted by molar-refractivity contribution is 7.84. The van der Waals surface area contributed by atoms with E-state index in [0.717, 1.165) is 11.8 Å². The molecule has 0 saturated carbocycles. The van der Waals surface area contributed by atoms with E-state index in [1.807, 2.05) is 0 Å². The summed E-state index contributed by atoms with van der Waals surface area (Å²) in [6, 6.07) is -8.17. The van der Waals surface area contributed by atoms with E-state index in [0.29, 0.717) is 0 Å². The van der Waals surface area contributed by atoms with Gasteiger partial charge in [-0.1, -0.05) is 0 Å². The number of methoxy groups -OCH3 is 1. The molecule has 0 aliphatic carbocycles. The normalized spacial score (nSPS) is 38.6. The summed E-state index contributed by atoms with van der Waals surface area (Å²) in [7, 11) is -45.9. The number of hydrogen-bond donors (Lipinski definition) is 19. The first kappa shape index (κ1) is 79.0. The van der Waals surface area contributed by atoms with Crippen LogP contribution in [0.3, 0.4) is 0 Å². The molecule has 0 spiro atoms. The molecule has 0 radical (unpaired) electrons. The molecule has 534 valence electrons. The second-order valence-electron chi connectivity index (χ2n) is 18.7. The van der Waals surface area contributed by atoms with Gasteiger partial charge in [0.05, 0.1) is 19.8 Å². The zero-order chi connectivity index (χ0) is 69.4. The number of carboxylic acids is 2. The van der Waals surface area contributed by atoms with Crippen molar-refractivity contribution in [1.29, 1.82) is 0 Å². The lowest BCUT2D eigenvalue weighted by Crippen LogP contribution is -2.71. The molecule has 0 aromatic carbocycles. The molecular weight excluding hydrogens is 1450 g/mol. The molecule has 60 heteroatoms. The van der Waals surface area contributed by atoms with Crippen molar-refractivity contribution in [2.45, 2.75) is 153 Å². The molecule has 5 fully saturated rings. The van der Waals surface area contributed by atoms with E-state index in [-0.39, 0.29) is 0 Å². The molecule has 0 aromatic heterocycles. The van der Waals surface area contributed by atoms with Gasteiger partial charge in [0.2, 0.25) is 0 Å². The van der Waals surface area contributed by atoms with Gasteiger partial charge in [-0.2, -0.15) is 81.5 Å². The molecular formula is C31H53N3O49S8. The number of aliphatic carboxylic acids is 2. The third kappa shape index (κ3) is 22.9. The largest absolute Gasteiger partial charge is 0.479 e. The third-order valence-electron chi connectivity index (χ3n) is 12.4. The van der Waals surface area contributed by atoms with Crippen LogP contribution >= 0.6 is 0 Å². The Morgan fingerprint density at radius 3 is 1.13 bits per heavy atom. The number of rotatable bonds is 30. The maximum Gasteiger partial charge on any atom is 0.397 e. The van der Waals surface area contributed by atoms with Crippen molar-refractivity contribution in [2.24, 2.45) is 0 Å². The first-order valence-corrected chi connectivity index (χ1v) is 34.7. The van der Waals surface area contributed by atoms with Crippen LogP contribution in [0, 0.1) is 0 Å². The zero-order valence-electron chi connectivity index (χ0n) is 43.9. The monoisotopic (exact) mass is 1510 g/mol. The van der Waals surface area contributed by atoms with Crippen molar-refractivity contribution in [3.8, 4) is 0 Å². The standard InChI is InChI=1S/C31H53N3O49S8/c1-69-27-9(33-85(48,49)50)13(37)17(6(74-27)3-71-88(57,58)59)76-31-22(83-91(66,67)68)16(40)21(24(81-31)26(43)44)79-29-10(34-86(51,52)53)19(82-90(63,64)65)18(7(75-29)4-72-89(60,61)62)77-30-15(39)14(38)20(23(80-30)25(41)42)78-28-8(32-84(45,46)47)12(36)11(35)5(73-28)2-70-87(54,55)56/h5-24,27-40H,2-4H2,1H3,(H,41,42)(H,43,44)(H,45,46,47)(H,48,49,50)(H,51,52,53)(H,54,55,56)(H,57,58,59)(H,60,61,62)(H,63,64,65)(H,66,67,68)/t5-,6-,7-,8-,9-,10-,11-,12-,13-,14-,15-,16+,17-,18-,19-,20+,21+,22?,23+,24-,27+,28-,29-,30?,31-/m1/s1. The molecule has 91 heavy (non-hydrogen) atoms. The predicted octanol–water partition coefficient (Wildman–Crippen LogP) is -13.8. The summed E-state index contributed by atoms with van der Waals surface area (Å²) in [5, 5.41) is 87.8. The fourth-order valence-electron chi connectivity index (χ4n) is 8.98. The number of aliphatic hydroxyl groups excluding tert-OH is 6. The first-order valence-electron chi connectivity index (χ1n) is 23.5. The number of carboxylic acid groups (broad SMARTS) is 2. The van der Waals surface area contributed by atoms with Crippen LogP contribution in [-0.2, 0) is 161 Å². The van der Waals surface area contributed by atoms with E-state index in [9.17, 15) is 150 Å². The third-order valence-corrected chi connectivity index (χ3v) is 16.4. The van der Waals surface area contributed by atoms with Gasteiger partial charge in [-0.3, -0.25) is 36.4 Å². The Kier molecular flexibility index (Phi) is 26.0. The van der Waals surface area contributed by atoms with Gasteiger partial charge in [-0.25, -0.2) is 30.5 Å². The van der Waals surface area contributed by atoms with E-state index in [4.69, 9.17) is 51.9 Å². The van der Waals surface area contributed by atoms with Crippen molar-refractivity contribution in [1.82, 2.24) is 14.2 Å². The Labute approximate surface area is 509 Å². The maximum absolute atomic E-state index is 13.0. The molecule has 5 aliphatic heterocycles. The summed E-state index contributed by atoms with van der Waals surface area (Å²) < 4.78 is 346. The molecule has 19 N–H and O–H groups in total. The molecule has 0 aromatic rings. The van der Waals surface area contributed by atoms with Gasteiger partial charge in [0.15, 0.2) is 49.8 Å². The van der Waals surface area contributed by atoms with E-state index < -0.39 is 268 Å². The Morgan fingerprint density at radius 1 is 0.352 bits per heavy atom. The molecule has 5 heterocycles. The smallest absolute Gasteiger partial charge is 0.397 e. The summed E-state index contributed by atoms with van der Waals surface area (Å²) in [4.78, 5) is 25.8. The molecule has 0 amide bonds. The van der Waals surface area contributed by atoms with Crippen molar-refractivity contribution < 1.29 is 222 Å². The van der Waals surface area contributed by atoms with Gasteiger partial charge in [0.25, 0.3) is 0 Å². The Bertz CT molecular complexity index is 3490. The lowest BCUT2D eigenvalue weighted by molar-refractivity contribution is -0.373. The summed E-state index contributed by atoms with van der Waals surface area (Å²) in [6.45, 7) is -5.06. The lowest BCUT2D eigenvalue weighted by atomic mass is 9.94. The minimum absolute atomic E-state index is 0.735. The highest BCUT2D eigenvalue weighted by Crippen LogP contribution is 2.39. The van der Waals surface area contributed by atoms with Crippen LogP contribution in [0.4, 0.5) is 0 Å². The maximum atomic E-state index is 13.0. The Hall–Kier alpha value is -2.74. The fourth-order valence-corrected chi connectivity index (χ4v) is 12.7. The highest BCUT2D eigenvalue weighted by atomic mass is 32.3. The van der Waals surface area contributed by atoms with Gasteiger partial charge in [-0.15, -0.1) is 0 Å². The van der Waals surface area contributed by atoms with Crippen LogP contribution in [0.25, 0.3) is 0 Å². The van der Waals surface area contributed by atoms with Crippen LogP contribution in [0.15, 0.2) is 0 Å². The summed E-state index contributed by atoms with van der Waals surface area (Å²) in [5.74, 6) is -4.91. The zero-order valence-corrected chi connectivity index (χ0v) is 50.5. The second kappa shape index (κ2) is 29.9. The topological polar surface area (TPSA) is 805 Å². The molecule has 0 bridgehead atoms. The number of aliphatic hydroxyl groups is 6.